The molecule has 0 aromatic heterocycles. The third kappa shape index (κ3) is 2.70. The Morgan fingerprint density at radius 3 is 2.74 bits per heavy atom. The van der Waals surface area contributed by atoms with Crippen LogP contribution in [0.2, 0.25) is 0 Å². The Hall–Kier alpha value is -1.63. The molecule has 1 aliphatic heterocycles. The van der Waals surface area contributed by atoms with Gasteiger partial charge < -0.3 is 15.5 Å². The van der Waals surface area contributed by atoms with Crippen LogP contribution in [0.5, 0.6) is 0 Å². The van der Waals surface area contributed by atoms with Crippen LogP contribution in [0, 0.1) is 5.82 Å². The standard InChI is InChI=1S/C12H13BrFN3O2/c1-16-2-3-17(6-11(16)18)12(19)7-4-10(15)9(14)5-8(7)13/h4-5H,2-3,6,15H2,1H3. The van der Waals surface area contributed by atoms with Gasteiger partial charge in [-0.25, -0.2) is 4.39 Å². The van der Waals surface area contributed by atoms with Crippen molar-refractivity contribution < 1.29 is 14.0 Å². The summed E-state index contributed by atoms with van der Waals surface area (Å²) in [5, 5.41) is 0. The monoisotopic (exact) mass is 329 g/mol. The number of hydrogen-bond donors (Lipinski definition) is 1. The number of benzene rings is 1. The Morgan fingerprint density at radius 2 is 2.11 bits per heavy atom. The summed E-state index contributed by atoms with van der Waals surface area (Å²) in [5.41, 5.74) is 5.63. The van der Waals surface area contributed by atoms with E-state index in [0.717, 1.165) is 6.07 Å². The summed E-state index contributed by atoms with van der Waals surface area (Å²) < 4.78 is 13.6. The van der Waals surface area contributed by atoms with E-state index in [1.165, 1.54) is 11.0 Å². The lowest BCUT2D eigenvalue weighted by molar-refractivity contribution is -0.133. The van der Waals surface area contributed by atoms with Crippen molar-refractivity contribution in [1.82, 2.24) is 9.80 Å². The Morgan fingerprint density at radius 1 is 1.42 bits per heavy atom. The number of likely N-dealkylation sites (N-methyl/N-ethyl adjacent to an activating group) is 1. The zero-order valence-corrected chi connectivity index (χ0v) is 11.9. The van der Waals surface area contributed by atoms with E-state index in [1.54, 1.807) is 11.9 Å². The van der Waals surface area contributed by atoms with Gasteiger partial charge in [-0.3, -0.25) is 9.59 Å². The van der Waals surface area contributed by atoms with Crippen LogP contribution in [0.15, 0.2) is 16.6 Å². The summed E-state index contributed by atoms with van der Waals surface area (Å²) in [6.45, 7) is 0.961. The number of nitrogens with two attached hydrogens (primary N) is 1. The number of halogens is 2. The minimum absolute atomic E-state index is 0.0268. The quantitative estimate of drug-likeness (QED) is 0.784. The van der Waals surface area contributed by atoms with Crippen LogP contribution in [-0.2, 0) is 4.79 Å². The van der Waals surface area contributed by atoms with Crippen LogP contribution >= 0.6 is 15.9 Å². The zero-order valence-electron chi connectivity index (χ0n) is 10.3. The Balaban J connectivity index is 2.25. The number of hydrogen-bond acceptors (Lipinski definition) is 3. The third-order valence-corrected chi connectivity index (χ3v) is 3.72. The minimum Gasteiger partial charge on any atom is -0.396 e. The number of carbonyl (C=O) groups excluding carboxylic acids is 2. The lowest BCUT2D eigenvalue weighted by Crippen LogP contribution is -2.50. The van der Waals surface area contributed by atoms with Gasteiger partial charge in [0, 0.05) is 24.6 Å². The highest BCUT2D eigenvalue weighted by atomic mass is 79.9. The molecule has 0 aliphatic carbocycles. The minimum atomic E-state index is -0.585. The number of rotatable bonds is 1. The van der Waals surface area contributed by atoms with Crippen LogP contribution in [0.4, 0.5) is 10.1 Å². The fourth-order valence-corrected chi connectivity index (χ4v) is 2.32. The lowest BCUT2D eigenvalue weighted by atomic mass is 10.1. The first kappa shape index (κ1) is 13.8. The highest BCUT2D eigenvalue weighted by Gasteiger charge is 2.27. The van der Waals surface area contributed by atoms with E-state index in [4.69, 9.17) is 5.73 Å². The average molecular weight is 330 g/mol. The maximum Gasteiger partial charge on any atom is 0.255 e. The molecule has 102 valence electrons. The summed E-state index contributed by atoms with van der Waals surface area (Å²) in [6.07, 6.45) is 0. The van der Waals surface area contributed by atoms with E-state index >= 15 is 0 Å². The fraction of sp³-hybridized carbons (Fsp3) is 0.333. The van der Waals surface area contributed by atoms with E-state index < -0.39 is 5.82 Å². The Labute approximate surface area is 118 Å². The van der Waals surface area contributed by atoms with Gasteiger partial charge in [0.2, 0.25) is 5.91 Å². The Kier molecular flexibility index (Phi) is 3.75. The molecule has 5 nitrogen and oxygen atoms in total. The topological polar surface area (TPSA) is 66.6 Å². The van der Waals surface area contributed by atoms with E-state index in [0.29, 0.717) is 17.6 Å². The maximum atomic E-state index is 13.2. The molecule has 0 radical (unpaired) electrons. The van der Waals surface area contributed by atoms with Crippen molar-refractivity contribution >= 4 is 33.4 Å². The number of anilines is 1. The summed E-state index contributed by atoms with van der Waals surface area (Å²) in [5.74, 6) is -1.04. The first-order valence-electron chi connectivity index (χ1n) is 5.68. The normalized spacial score (nSPS) is 15.8. The van der Waals surface area contributed by atoms with Gasteiger partial charge in [0.15, 0.2) is 0 Å². The highest BCUT2D eigenvalue weighted by molar-refractivity contribution is 9.10. The second-order valence-electron chi connectivity index (χ2n) is 4.40. The van der Waals surface area contributed by atoms with Crippen molar-refractivity contribution in [2.75, 3.05) is 32.4 Å². The van der Waals surface area contributed by atoms with Gasteiger partial charge in [0.05, 0.1) is 11.3 Å². The number of nitrogens with zero attached hydrogens (tertiary/aromatic N) is 2. The fourth-order valence-electron chi connectivity index (χ4n) is 1.83. The first-order valence-corrected chi connectivity index (χ1v) is 6.47. The number of nitrogen functional groups attached to an aromatic ring is 1. The summed E-state index contributed by atoms with van der Waals surface area (Å²) in [6, 6.07) is 2.44. The molecule has 1 aromatic rings. The number of amides is 2. The molecule has 1 aromatic carbocycles. The molecule has 2 rings (SSSR count). The molecule has 0 saturated carbocycles. The second-order valence-corrected chi connectivity index (χ2v) is 5.25. The van der Waals surface area contributed by atoms with Gasteiger partial charge in [-0.2, -0.15) is 0 Å². The predicted molar refractivity (Wildman–Crippen MR) is 72.1 cm³/mol. The van der Waals surface area contributed by atoms with Gasteiger partial charge in [0.25, 0.3) is 5.91 Å². The lowest BCUT2D eigenvalue weighted by Gasteiger charge is -2.32. The molecule has 0 atom stereocenters. The van der Waals surface area contributed by atoms with E-state index in [9.17, 15) is 14.0 Å². The van der Waals surface area contributed by atoms with Crippen LogP contribution in [-0.4, -0.2) is 48.3 Å². The van der Waals surface area contributed by atoms with Crippen molar-refractivity contribution in [3.63, 3.8) is 0 Å². The van der Waals surface area contributed by atoms with Crippen LogP contribution in [0.3, 0.4) is 0 Å². The number of piperazine rings is 1. The molecule has 0 unspecified atom stereocenters. The molecular formula is C12H13BrFN3O2. The second kappa shape index (κ2) is 5.16. The van der Waals surface area contributed by atoms with E-state index in [2.05, 4.69) is 15.9 Å². The molecule has 2 amide bonds. The molecule has 1 aliphatic rings. The average Bonchev–Trinajstić information content (AvgIpc) is 2.36. The third-order valence-electron chi connectivity index (χ3n) is 3.06. The van der Waals surface area contributed by atoms with Crippen LogP contribution in [0.1, 0.15) is 10.4 Å². The predicted octanol–water partition coefficient (Wildman–Crippen LogP) is 1.08. The SMILES string of the molecule is CN1CCN(C(=O)c2cc(N)c(F)cc2Br)CC1=O. The van der Waals surface area contributed by atoms with Crippen molar-refractivity contribution in [3.8, 4) is 0 Å². The summed E-state index contributed by atoms with van der Waals surface area (Å²) >= 11 is 3.14. The van der Waals surface area contributed by atoms with Gasteiger partial charge in [-0.05, 0) is 28.1 Å². The summed E-state index contributed by atoms with van der Waals surface area (Å²) in [7, 11) is 1.69. The molecule has 0 spiro atoms. The van der Waals surface area contributed by atoms with Gasteiger partial charge in [0.1, 0.15) is 12.4 Å². The molecular weight excluding hydrogens is 317 g/mol. The van der Waals surface area contributed by atoms with Gasteiger partial charge >= 0.3 is 0 Å². The van der Waals surface area contributed by atoms with Crippen molar-refractivity contribution in [2.24, 2.45) is 0 Å². The van der Waals surface area contributed by atoms with Crippen LogP contribution < -0.4 is 5.73 Å². The van der Waals surface area contributed by atoms with E-state index in [-0.39, 0.29) is 29.6 Å². The smallest absolute Gasteiger partial charge is 0.255 e. The largest absolute Gasteiger partial charge is 0.396 e. The van der Waals surface area contributed by atoms with Crippen LogP contribution in [0.25, 0.3) is 0 Å². The molecule has 7 heteroatoms. The van der Waals surface area contributed by atoms with E-state index in [1.807, 2.05) is 0 Å². The maximum absolute atomic E-state index is 13.2. The van der Waals surface area contributed by atoms with Gasteiger partial charge in [-0.15, -0.1) is 0 Å². The highest BCUT2D eigenvalue weighted by Crippen LogP contribution is 2.24. The Bertz CT molecular complexity index is 550. The first-order chi connectivity index (χ1) is 8.90. The molecule has 0 bridgehead atoms. The molecule has 1 saturated heterocycles. The molecule has 2 N–H and O–H groups in total. The molecule has 19 heavy (non-hydrogen) atoms. The zero-order chi connectivity index (χ0) is 14.2. The van der Waals surface area contributed by atoms with Crippen molar-refractivity contribution in [2.45, 2.75) is 0 Å². The van der Waals surface area contributed by atoms with Crippen molar-refractivity contribution in [3.05, 3.63) is 28.0 Å². The molecule has 1 heterocycles. The summed E-state index contributed by atoms with van der Waals surface area (Å²) in [4.78, 5) is 26.9. The van der Waals surface area contributed by atoms with Crippen molar-refractivity contribution in [1.29, 1.82) is 0 Å². The molecule has 1 fully saturated rings. The van der Waals surface area contributed by atoms with Gasteiger partial charge in [-0.1, -0.05) is 0 Å². The number of carbonyl (C=O) groups is 2.